The molecule has 21 heavy (non-hydrogen) atoms. The van der Waals surface area contributed by atoms with Gasteiger partial charge in [0.25, 0.3) is 0 Å². The molecule has 1 aromatic carbocycles. The Morgan fingerprint density at radius 3 is 2.52 bits per heavy atom. The highest BCUT2D eigenvalue weighted by Crippen LogP contribution is 2.22. The number of ether oxygens (including phenoxy) is 1. The standard InChI is InChI=1S/C12H16N2O6S/c1-20-8-3-4-9(11(15)16)10(7-8)14-12(17)13-5-6-21(2,18)19/h3-4,7H,5-6H2,1-2H3,(H,15,16)(H2,13,14,17). The number of hydrogen-bond donors (Lipinski definition) is 3. The molecule has 0 radical (unpaired) electrons. The number of carbonyl (C=O) groups is 2. The highest BCUT2D eigenvalue weighted by atomic mass is 32.2. The average molecular weight is 316 g/mol. The number of hydrogen-bond acceptors (Lipinski definition) is 5. The average Bonchev–Trinajstić information content (AvgIpc) is 2.36. The summed E-state index contributed by atoms with van der Waals surface area (Å²) in [4.78, 5) is 22.7. The van der Waals surface area contributed by atoms with Gasteiger partial charge in [-0.1, -0.05) is 0 Å². The minimum Gasteiger partial charge on any atom is -0.497 e. The lowest BCUT2D eigenvalue weighted by Gasteiger charge is -2.11. The van der Waals surface area contributed by atoms with Crippen LogP contribution in [0.5, 0.6) is 5.75 Å². The molecule has 0 fully saturated rings. The van der Waals surface area contributed by atoms with Crippen molar-refractivity contribution in [2.75, 3.05) is 31.0 Å². The van der Waals surface area contributed by atoms with Gasteiger partial charge in [-0.25, -0.2) is 18.0 Å². The van der Waals surface area contributed by atoms with Gasteiger partial charge in [-0.05, 0) is 12.1 Å². The highest BCUT2D eigenvalue weighted by Gasteiger charge is 2.13. The smallest absolute Gasteiger partial charge is 0.337 e. The van der Waals surface area contributed by atoms with Crippen molar-refractivity contribution >= 4 is 27.5 Å². The van der Waals surface area contributed by atoms with Gasteiger partial charge in [-0.2, -0.15) is 0 Å². The van der Waals surface area contributed by atoms with Crippen LogP contribution in [0.25, 0.3) is 0 Å². The van der Waals surface area contributed by atoms with Crippen molar-refractivity contribution in [1.82, 2.24) is 5.32 Å². The van der Waals surface area contributed by atoms with Crippen LogP contribution in [0.3, 0.4) is 0 Å². The van der Waals surface area contributed by atoms with Crippen molar-refractivity contribution in [2.24, 2.45) is 0 Å². The number of carboxylic acid groups (broad SMARTS) is 1. The molecule has 116 valence electrons. The first kappa shape index (κ1) is 16.8. The number of methoxy groups -OCH3 is 1. The van der Waals surface area contributed by atoms with Crippen LogP contribution in [0.1, 0.15) is 10.4 Å². The van der Waals surface area contributed by atoms with Crippen LogP contribution >= 0.6 is 0 Å². The zero-order valence-electron chi connectivity index (χ0n) is 11.5. The highest BCUT2D eigenvalue weighted by molar-refractivity contribution is 7.90. The monoisotopic (exact) mass is 316 g/mol. The second-order valence-electron chi connectivity index (χ2n) is 4.23. The lowest BCUT2D eigenvalue weighted by Crippen LogP contribution is -2.33. The fourth-order valence-electron chi connectivity index (χ4n) is 1.46. The van der Waals surface area contributed by atoms with Crippen LogP contribution in [-0.4, -0.2) is 51.2 Å². The molecule has 8 nitrogen and oxygen atoms in total. The Hall–Kier alpha value is -2.29. The topological polar surface area (TPSA) is 122 Å². The van der Waals surface area contributed by atoms with E-state index in [0.717, 1.165) is 6.26 Å². The van der Waals surface area contributed by atoms with Gasteiger partial charge < -0.3 is 20.5 Å². The van der Waals surface area contributed by atoms with Crippen LogP contribution in [0.15, 0.2) is 18.2 Å². The fourth-order valence-corrected chi connectivity index (χ4v) is 1.93. The van der Waals surface area contributed by atoms with Gasteiger partial charge in [0.05, 0.1) is 24.1 Å². The zero-order chi connectivity index (χ0) is 16.0. The molecule has 0 unspecified atom stereocenters. The van der Waals surface area contributed by atoms with E-state index in [1.807, 2.05) is 0 Å². The first-order valence-corrected chi connectivity index (χ1v) is 7.93. The second-order valence-corrected chi connectivity index (χ2v) is 6.49. The quantitative estimate of drug-likeness (QED) is 0.705. The number of carboxylic acids is 1. The summed E-state index contributed by atoms with van der Waals surface area (Å²) < 4.78 is 26.8. The van der Waals surface area contributed by atoms with Gasteiger partial charge in [0, 0.05) is 18.9 Å². The van der Waals surface area contributed by atoms with E-state index in [1.165, 1.54) is 25.3 Å². The van der Waals surface area contributed by atoms with Gasteiger partial charge in [-0.15, -0.1) is 0 Å². The van der Waals surface area contributed by atoms with Crippen molar-refractivity contribution in [3.05, 3.63) is 23.8 Å². The number of anilines is 1. The maximum atomic E-state index is 11.6. The van der Waals surface area contributed by atoms with E-state index in [2.05, 4.69) is 10.6 Å². The molecule has 1 aromatic rings. The van der Waals surface area contributed by atoms with Crippen LogP contribution in [0, 0.1) is 0 Å². The van der Waals surface area contributed by atoms with Crippen LogP contribution in [-0.2, 0) is 9.84 Å². The molecule has 0 saturated heterocycles. The summed E-state index contributed by atoms with van der Waals surface area (Å²) in [6, 6.07) is 3.41. The predicted octanol–water partition coefficient (Wildman–Crippen LogP) is 0.559. The molecule has 0 aromatic heterocycles. The molecule has 1 rings (SSSR count). The lowest BCUT2D eigenvalue weighted by molar-refractivity contribution is 0.0698. The van der Waals surface area contributed by atoms with Gasteiger partial charge in [0.15, 0.2) is 0 Å². The summed E-state index contributed by atoms with van der Waals surface area (Å²) in [5.74, 6) is -1.03. The molecule has 0 aliphatic heterocycles. The van der Waals surface area contributed by atoms with Gasteiger partial charge in [0.2, 0.25) is 0 Å². The van der Waals surface area contributed by atoms with Gasteiger partial charge in [0.1, 0.15) is 15.6 Å². The van der Waals surface area contributed by atoms with Crippen molar-refractivity contribution in [2.45, 2.75) is 0 Å². The molecule has 0 aliphatic rings. The first-order chi connectivity index (χ1) is 9.73. The van der Waals surface area contributed by atoms with Crippen molar-refractivity contribution in [3.63, 3.8) is 0 Å². The normalized spacial score (nSPS) is 10.8. The number of nitrogens with one attached hydrogen (secondary N) is 2. The first-order valence-electron chi connectivity index (χ1n) is 5.87. The Kier molecular flexibility index (Phi) is 5.53. The van der Waals surface area contributed by atoms with E-state index < -0.39 is 21.8 Å². The third-order valence-electron chi connectivity index (χ3n) is 2.46. The lowest BCUT2D eigenvalue weighted by atomic mass is 10.1. The molecule has 0 bridgehead atoms. The molecule has 0 saturated carbocycles. The van der Waals surface area contributed by atoms with Gasteiger partial charge in [-0.3, -0.25) is 0 Å². The van der Waals surface area contributed by atoms with E-state index in [-0.39, 0.29) is 23.5 Å². The number of urea groups is 1. The van der Waals surface area contributed by atoms with E-state index in [9.17, 15) is 18.0 Å². The zero-order valence-corrected chi connectivity index (χ0v) is 12.4. The van der Waals surface area contributed by atoms with Crippen LogP contribution in [0.4, 0.5) is 10.5 Å². The Balaban J connectivity index is 2.76. The molecule has 3 N–H and O–H groups in total. The van der Waals surface area contributed by atoms with Crippen molar-refractivity contribution in [1.29, 1.82) is 0 Å². The summed E-state index contributed by atoms with van der Waals surface area (Å²) in [7, 11) is -1.77. The molecule has 2 amide bonds. The maximum absolute atomic E-state index is 11.6. The minimum absolute atomic E-state index is 0.0544. The minimum atomic E-state index is -3.18. The Morgan fingerprint density at radius 2 is 2.00 bits per heavy atom. The number of amides is 2. The van der Waals surface area contributed by atoms with E-state index in [1.54, 1.807) is 0 Å². The van der Waals surface area contributed by atoms with E-state index in [0.29, 0.717) is 5.75 Å². The molecular weight excluding hydrogens is 300 g/mol. The van der Waals surface area contributed by atoms with Crippen molar-refractivity contribution in [3.8, 4) is 5.75 Å². The number of aromatic carboxylic acids is 1. The third-order valence-corrected chi connectivity index (χ3v) is 3.41. The molecular formula is C12H16N2O6S. The maximum Gasteiger partial charge on any atom is 0.337 e. The molecule has 0 atom stereocenters. The summed E-state index contributed by atoms with van der Waals surface area (Å²) >= 11 is 0. The Labute approximate surface area is 122 Å². The molecule has 0 aliphatic carbocycles. The predicted molar refractivity (Wildman–Crippen MR) is 76.7 cm³/mol. The number of rotatable bonds is 6. The van der Waals surface area contributed by atoms with Crippen LogP contribution in [0.2, 0.25) is 0 Å². The summed E-state index contributed by atoms with van der Waals surface area (Å²) in [6.45, 7) is -0.0724. The largest absolute Gasteiger partial charge is 0.497 e. The molecule has 9 heteroatoms. The van der Waals surface area contributed by atoms with E-state index >= 15 is 0 Å². The fraction of sp³-hybridized carbons (Fsp3) is 0.333. The Morgan fingerprint density at radius 1 is 1.33 bits per heavy atom. The summed E-state index contributed by atoms with van der Waals surface area (Å²) in [6.07, 6.45) is 1.05. The van der Waals surface area contributed by atoms with Gasteiger partial charge >= 0.3 is 12.0 Å². The number of sulfone groups is 1. The van der Waals surface area contributed by atoms with Crippen LogP contribution < -0.4 is 15.4 Å². The third kappa shape index (κ3) is 5.69. The number of benzene rings is 1. The molecule has 0 heterocycles. The second kappa shape index (κ2) is 6.93. The summed E-state index contributed by atoms with van der Waals surface area (Å²) in [5, 5.41) is 13.7. The number of carbonyl (C=O) groups excluding carboxylic acids is 1. The SMILES string of the molecule is COc1ccc(C(=O)O)c(NC(=O)NCCS(C)(=O)=O)c1. The Bertz CT molecular complexity index is 641. The van der Waals surface area contributed by atoms with Crippen molar-refractivity contribution < 1.29 is 27.9 Å². The molecule has 0 spiro atoms. The van der Waals surface area contributed by atoms with E-state index in [4.69, 9.17) is 9.84 Å². The summed E-state index contributed by atoms with van der Waals surface area (Å²) in [5.41, 5.74) is -0.0484.